The highest BCUT2D eigenvalue weighted by Gasteiger charge is 2.35. The second-order valence-electron chi connectivity index (χ2n) is 7.18. The molecule has 0 aliphatic carbocycles. The van der Waals surface area contributed by atoms with Crippen LogP contribution >= 0.6 is 0 Å². The van der Waals surface area contributed by atoms with Crippen molar-refractivity contribution in [3.05, 3.63) is 45.7 Å². The first-order valence-electron chi connectivity index (χ1n) is 9.58. The maximum atomic E-state index is 13.4. The molecule has 1 atom stereocenters. The molecular formula is C20H25N3O5S. The summed E-state index contributed by atoms with van der Waals surface area (Å²) in [5, 5.41) is 6.37. The lowest BCUT2D eigenvalue weighted by Crippen LogP contribution is -2.43. The Kier molecular flexibility index (Phi) is 6.18. The van der Waals surface area contributed by atoms with E-state index in [0.717, 1.165) is 5.56 Å². The van der Waals surface area contributed by atoms with Crippen LogP contribution in [-0.4, -0.2) is 48.6 Å². The van der Waals surface area contributed by atoms with E-state index < -0.39 is 15.9 Å². The van der Waals surface area contributed by atoms with Gasteiger partial charge in [0.05, 0.1) is 23.1 Å². The molecule has 0 bridgehead atoms. The molecule has 1 aliphatic rings. The Hall–Kier alpha value is -2.52. The lowest BCUT2D eigenvalue weighted by Gasteiger charge is -2.31. The molecule has 2 aromatic rings. The molecular weight excluding hydrogens is 394 g/mol. The van der Waals surface area contributed by atoms with Crippen molar-refractivity contribution in [1.29, 1.82) is 0 Å². The van der Waals surface area contributed by atoms with Crippen molar-refractivity contribution >= 4 is 16.0 Å². The number of esters is 1. The van der Waals surface area contributed by atoms with E-state index in [1.807, 2.05) is 13.0 Å². The summed E-state index contributed by atoms with van der Waals surface area (Å²) in [4.78, 5) is 23.6. The molecule has 0 amide bonds. The van der Waals surface area contributed by atoms with Gasteiger partial charge in [-0.05, 0) is 62.9 Å². The van der Waals surface area contributed by atoms with Gasteiger partial charge < -0.3 is 4.74 Å². The maximum Gasteiger partial charge on any atom is 0.310 e. The minimum Gasteiger partial charge on any atom is -0.466 e. The van der Waals surface area contributed by atoms with Crippen molar-refractivity contribution in [2.75, 3.05) is 19.7 Å². The fourth-order valence-corrected chi connectivity index (χ4v) is 5.35. The first-order chi connectivity index (χ1) is 13.7. The molecule has 1 N–H and O–H groups in total. The summed E-state index contributed by atoms with van der Waals surface area (Å²) in [6.07, 6.45) is 1.21. The first kappa shape index (κ1) is 21.2. The van der Waals surface area contributed by atoms with E-state index in [-0.39, 0.29) is 29.6 Å². The number of carbonyl (C=O) groups is 1. The summed E-state index contributed by atoms with van der Waals surface area (Å²) in [5.41, 5.74) is 2.20. The fourth-order valence-electron chi connectivity index (χ4n) is 3.50. The lowest BCUT2D eigenvalue weighted by atomic mass is 10.0. The summed E-state index contributed by atoms with van der Waals surface area (Å²) < 4.78 is 33.3. The second kappa shape index (κ2) is 8.46. The van der Waals surface area contributed by atoms with Crippen LogP contribution in [0.25, 0.3) is 11.3 Å². The van der Waals surface area contributed by atoms with Crippen LogP contribution in [0.1, 0.15) is 30.9 Å². The normalized spacial score (nSPS) is 17.8. The Morgan fingerprint density at radius 3 is 2.72 bits per heavy atom. The van der Waals surface area contributed by atoms with Gasteiger partial charge in [-0.25, -0.2) is 13.5 Å². The van der Waals surface area contributed by atoms with E-state index in [4.69, 9.17) is 4.74 Å². The zero-order chi connectivity index (χ0) is 21.2. The number of hydrogen-bond acceptors (Lipinski definition) is 6. The maximum absolute atomic E-state index is 13.4. The molecule has 3 rings (SSSR count). The highest BCUT2D eigenvalue weighted by atomic mass is 32.2. The number of benzene rings is 1. The Balaban J connectivity index is 1.98. The molecule has 2 heterocycles. The topological polar surface area (TPSA) is 109 Å². The Morgan fingerprint density at radius 2 is 2.07 bits per heavy atom. The van der Waals surface area contributed by atoms with Gasteiger partial charge in [0.25, 0.3) is 5.56 Å². The number of nitrogens with one attached hydrogen (secondary N) is 1. The minimum atomic E-state index is -3.81. The highest BCUT2D eigenvalue weighted by Crippen LogP contribution is 2.31. The monoisotopic (exact) mass is 419 g/mol. The van der Waals surface area contributed by atoms with Gasteiger partial charge in [0.15, 0.2) is 0 Å². The first-order valence-corrected chi connectivity index (χ1v) is 11.0. The van der Waals surface area contributed by atoms with Crippen molar-refractivity contribution in [2.24, 2.45) is 5.92 Å². The van der Waals surface area contributed by atoms with E-state index >= 15 is 0 Å². The van der Waals surface area contributed by atoms with Crippen LogP contribution in [-0.2, 0) is 19.6 Å². The van der Waals surface area contributed by atoms with Gasteiger partial charge in [-0.15, -0.1) is 0 Å². The van der Waals surface area contributed by atoms with Gasteiger partial charge in [-0.2, -0.15) is 9.40 Å². The van der Waals surface area contributed by atoms with Crippen molar-refractivity contribution in [3.63, 3.8) is 0 Å². The van der Waals surface area contributed by atoms with Gasteiger partial charge in [0.2, 0.25) is 10.0 Å². The van der Waals surface area contributed by atoms with Crippen LogP contribution in [0.3, 0.4) is 0 Å². The van der Waals surface area contributed by atoms with Gasteiger partial charge in [-0.3, -0.25) is 9.59 Å². The third kappa shape index (κ3) is 4.40. The standard InChI is InChI=1S/C20H25N3O5S/c1-4-28-20(25)15-6-5-9-23(12-15)29(26,27)18-11-16(10-13(2)14(18)3)17-7-8-19(24)22-21-17/h7-8,10-11,15H,4-6,9,12H2,1-3H3,(H,22,24). The summed E-state index contributed by atoms with van der Waals surface area (Å²) in [6.45, 7) is 6.07. The molecule has 0 saturated carbocycles. The molecule has 29 heavy (non-hydrogen) atoms. The average Bonchev–Trinajstić information content (AvgIpc) is 2.70. The van der Waals surface area contributed by atoms with Gasteiger partial charge in [0, 0.05) is 24.7 Å². The Labute approximate surface area is 169 Å². The Bertz CT molecular complexity index is 1060. The smallest absolute Gasteiger partial charge is 0.310 e. The number of rotatable bonds is 5. The van der Waals surface area contributed by atoms with Crippen LogP contribution < -0.4 is 5.56 Å². The molecule has 0 radical (unpaired) electrons. The highest BCUT2D eigenvalue weighted by molar-refractivity contribution is 7.89. The number of nitrogens with zero attached hydrogens (tertiary/aromatic N) is 2. The lowest BCUT2D eigenvalue weighted by molar-refractivity contribution is -0.149. The van der Waals surface area contributed by atoms with E-state index in [9.17, 15) is 18.0 Å². The third-order valence-electron chi connectivity index (χ3n) is 5.22. The number of H-pyrrole nitrogens is 1. The average molecular weight is 420 g/mol. The largest absolute Gasteiger partial charge is 0.466 e. The molecule has 1 fully saturated rings. The van der Waals surface area contributed by atoms with Crippen LogP contribution in [0, 0.1) is 19.8 Å². The number of hydrogen-bond donors (Lipinski definition) is 1. The molecule has 1 unspecified atom stereocenters. The van der Waals surface area contributed by atoms with E-state index in [0.29, 0.717) is 36.2 Å². The number of carbonyl (C=O) groups excluding carboxylic acids is 1. The summed E-state index contributed by atoms with van der Waals surface area (Å²) >= 11 is 0. The van der Waals surface area contributed by atoms with E-state index in [1.54, 1.807) is 26.0 Å². The van der Waals surface area contributed by atoms with Crippen molar-refractivity contribution < 1.29 is 17.9 Å². The molecule has 1 aromatic carbocycles. The molecule has 1 aromatic heterocycles. The quantitative estimate of drug-likeness (QED) is 0.743. The predicted octanol–water partition coefficient (Wildman–Crippen LogP) is 2.02. The molecule has 1 aliphatic heterocycles. The summed E-state index contributed by atoms with van der Waals surface area (Å²) in [6, 6.07) is 6.32. The number of aromatic amines is 1. The number of piperidine rings is 1. The number of aryl methyl sites for hydroxylation is 1. The van der Waals surface area contributed by atoms with Crippen molar-refractivity contribution in [3.8, 4) is 11.3 Å². The van der Waals surface area contributed by atoms with Gasteiger partial charge in [0.1, 0.15) is 0 Å². The fraction of sp³-hybridized carbons (Fsp3) is 0.450. The summed E-state index contributed by atoms with van der Waals surface area (Å²) in [5.74, 6) is -0.810. The SMILES string of the molecule is CCOC(=O)C1CCCN(S(=O)(=O)c2cc(-c3ccc(=O)[nH]n3)cc(C)c2C)C1. The van der Waals surface area contributed by atoms with Crippen LogP contribution in [0.15, 0.2) is 34.0 Å². The van der Waals surface area contributed by atoms with Crippen molar-refractivity contribution in [1.82, 2.24) is 14.5 Å². The van der Waals surface area contributed by atoms with Crippen LogP contribution in [0.4, 0.5) is 0 Å². The van der Waals surface area contributed by atoms with E-state index in [1.165, 1.54) is 10.4 Å². The zero-order valence-corrected chi connectivity index (χ0v) is 17.6. The molecule has 156 valence electrons. The van der Waals surface area contributed by atoms with Crippen molar-refractivity contribution in [2.45, 2.75) is 38.5 Å². The molecule has 8 nitrogen and oxygen atoms in total. The minimum absolute atomic E-state index is 0.112. The van der Waals surface area contributed by atoms with E-state index in [2.05, 4.69) is 10.2 Å². The number of ether oxygens (including phenoxy) is 1. The Morgan fingerprint density at radius 1 is 1.31 bits per heavy atom. The van der Waals surface area contributed by atoms with Gasteiger partial charge >= 0.3 is 5.97 Å². The second-order valence-corrected chi connectivity index (χ2v) is 9.08. The molecule has 0 spiro atoms. The summed E-state index contributed by atoms with van der Waals surface area (Å²) in [7, 11) is -3.81. The van der Waals surface area contributed by atoms with Crippen LogP contribution in [0.5, 0.6) is 0 Å². The molecule has 9 heteroatoms. The number of sulfonamides is 1. The predicted molar refractivity (Wildman–Crippen MR) is 108 cm³/mol. The third-order valence-corrected chi connectivity index (χ3v) is 7.21. The van der Waals surface area contributed by atoms with Crippen LogP contribution in [0.2, 0.25) is 0 Å². The zero-order valence-electron chi connectivity index (χ0n) is 16.8. The number of aromatic nitrogens is 2. The van der Waals surface area contributed by atoms with Gasteiger partial charge in [-0.1, -0.05) is 0 Å². The molecule has 1 saturated heterocycles.